The van der Waals surface area contributed by atoms with Crippen molar-refractivity contribution in [1.29, 1.82) is 0 Å². The molecule has 1 aromatic rings. The van der Waals surface area contributed by atoms with Gasteiger partial charge in [0, 0.05) is 19.3 Å². The lowest BCUT2D eigenvalue weighted by Gasteiger charge is -2.32. The van der Waals surface area contributed by atoms with E-state index < -0.39 is 0 Å². The number of amides is 1. The first kappa shape index (κ1) is 15.3. The maximum absolute atomic E-state index is 12.4. The Bertz CT molecular complexity index is 562. The fourth-order valence-electron chi connectivity index (χ4n) is 3.28. The zero-order chi connectivity index (χ0) is 16.0. The van der Waals surface area contributed by atoms with E-state index in [4.69, 9.17) is 4.74 Å². The van der Waals surface area contributed by atoms with Crippen LogP contribution in [0.5, 0.6) is 0 Å². The number of hydrogen-bond donors (Lipinski definition) is 1. The first-order valence-corrected chi connectivity index (χ1v) is 7.99. The molecule has 1 atom stereocenters. The van der Waals surface area contributed by atoms with Crippen molar-refractivity contribution in [2.45, 2.75) is 57.8 Å². The monoisotopic (exact) mass is 303 g/mol. The minimum absolute atomic E-state index is 0.00468. The molecule has 22 heavy (non-hydrogen) atoms. The van der Waals surface area contributed by atoms with Gasteiger partial charge in [-0.3, -0.25) is 4.79 Å². The van der Waals surface area contributed by atoms with Gasteiger partial charge in [0.2, 0.25) is 0 Å². The first-order chi connectivity index (χ1) is 10.3. The number of hydrogen-bond acceptors (Lipinski definition) is 4. The van der Waals surface area contributed by atoms with Crippen LogP contribution in [0.3, 0.4) is 0 Å². The largest absolute Gasteiger partial charge is 0.367 e. The average Bonchev–Trinajstić information content (AvgIpc) is 2.55. The Morgan fingerprint density at radius 3 is 2.50 bits per heavy atom. The van der Waals surface area contributed by atoms with Gasteiger partial charge in [0.25, 0.3) is 5.91 Å². The second-order valence-corrected chi connectivity index (χ2v) is 7.44. The van der Waals surface area contributed by atoms with Crippen molar-refractivity contribution < 1.29 is 9.53 Å². The maximum Gasteiger partial charge on any atom is 0.253 e. The molecule has 1 N–H and O–H groups in total. The SMILES string of the molecule is CC1(C)C[C@H](NC(=O)c2ccc(N3CCC3)nc2)C(C)(C)O1. The first-order valence-electron chi connectivity index (χ1n) is 7.99. The summed E-state index contributed by atoms with van der Waals surface area (Å²) in [4.78, 5) is 19.0. The van der Waals surface area contributed by atoms with Crippen LogP contribution in [0.4, 0.5) is 5.82 Å². The van der Waals surface area contributed by atoms with Crippen LogP contribution in [0.25, 0.3) is 0 Å². The van der Waals surface area contributed by atoms with Crippen molar-refractivity contribution in [3.05, 3.63) is 23.9 Å². The number of pyridine rings is 1. The van der Waals surface area contributed by atoms with Crippen molar-refractivity contribution in [3.8, 4) is 0 Å². The molecule has 3 rings (SSSR count). The summed E-state index contributed by atoms with van der Waals surface area (Å²) in [5.41, 5.74) is 0.0374. The van der Waals surface area contributed by atoms with Crippen molar-refractivity contribution in [2.24, 2.45) is 0 Å². The van der Waals surface area contributed by atoms with Crippen LogP contribution in [0.1, 0.15) is 50.9 Å². The van der Waals surface area contributed by atoms with Crippen LogP contribution >= 0.6 is 0 Å². The number of anilines is 1. The predicted molar refractivity (Wildman–Crippen MR) is 86.2 cm³/mol. The van der Waals surface area contributed by atoms with Crippen molar-refractivity contribution in [3.63, 3.8) is 0 Å². The number of carbonyl (C=O) groups is 1. The minimum atomic E-state index is -0.357. The fraction of sp³-hybridized carbons (Fsp3) is 0.647. The van der Waals surface area contributed by atoms with Gasteiger partial charge in [-0.2, -0.15) is 0 Å². The number of nitrogens with zero attached hydrogens (tertiary/aromatic N) is 2. The summed E-state index contributed by atoms with van der Waals surface area (Å²) in [6.07, 6.45) is 3.69. The van der Waals surface area contributed by atoms with Crippen LogP contribution in [0, 0.1) is 0 Å². The Balaban J connectivity index is 1.66. The molecule has 120 valence electrons. The van der Waals surface area contributed by atoms with Gasteiger partial charge in [0.1, 0.15) is 5.82 Å². The quantitative estimate of drug-likeness (QED) is 0.931. The molecule has 0 bridgehead atoms. The Morgan fingerprint density at radius 2 is 2.05 bits per heavy atom. The van der Waals surface area contributed by atoms with Crippen molar-refractivity contribution in [1.82, 2.24) is 10.3 Å². The van der Waals surface area contributed by atoms with Gasteiger partial charge in [-0.25, -0.2) is 4.98 Å². The van der Waals surface area contributed by atoms with Crippen LogP contribution in [-0.4, -0.2) is 41.2 Å². The summed E-state index contributed by atoms with van der Waals surface area (Å²) < 4.78 is 6.02. The van der Waals surface area contributed by atoms with E-state index in [1.807, 2.05) is 26.0 Å². The van der Waals surface area contributed by atoms with E-state index in [9.17, 15) is 4.79 Å². The smallest absolute Gasteiger partial charge is 0.253 e. The molecule has 5 nitrogen and oxygen atoms in total. The molecule has 0 unspecified atom stereocenters. The normalized spacial score (nSPS) is 25.6. The standard InChI is InChI=1S/C17H25N3O2/c1-16(2)10-13(17(3,4)22-16)19-15(21)12-6-7-14(18-11-12)20-8-5-9-20/h6-7,11,13H,5,8-10H2,1-4H3,(H,19,21)/t13-/m0/s1. The number of carbonyl (C=O) groups excluding carboxylic acids is 1. The van der Waals surface area contributed by atoms with Crippen LogP contribution in [-0.2, 0) is 4.74 Å². The molecule has 2 aliphatic rings. The zero-order valence-electron chi connectivity index (χ0n) is 13.8. The van der Waals surface area contributed by atoms with E-state index in [2.05, 4.69) is 29.0 Å². The van der Waals surface area contributed by atoms with E-state index in [-0.39, 0.29) is 23.2 Å². The maximum atomic E-state index is 12.4. The Hall–Kier alpha value is -1.62. The molecule has 0 spiro atoms. The van der Waals surface area contributed by atoms with Gasteiger partial charge in [0.05, 0.1) is 22.8 Å². The molecular formula is C17H25N3O2. The third-order valence-corrected chi connectivity index (χ3v) is 4.57. The predicted octanol–water partition coefficient (Wildman–Crippen LogP) is 2.37. The van der Waals surface area contributed by atoms with Gasteiger partial charge < -0.3 is 15.0 Å². The lowest BCUT2D eigenvalue weighted by molar-refractivity contribution is -0.0693. The molecule has 0 aromatic carbocycles. The second-order valence-electron chi connectivity index (χ2n) is 7.44. The third kappa shape index (κ3) is 2.95. The zero-order valence-corrected chi connectivity index (χ0v) is 13.8. The fourth-order valence-corrected chi connectivity index (χ4v) is 3.28. The van der Waals surface area contributed by atoms with Crippen LogP contribution in [0.2, 0.25) is 0 Å². The highest BCUT2D eigenvalue weighted by Gasteiger charge is 2.46. The molecule has 0 saturated carbocycles. The topological polar surface area (TPSA) is 54.5 Å². The van der Waals surface area contributed by atoms with Crippen molar-refractivity contribution in [2.75, 3.05) is 18.0 Å². The summed E-state index contributed by atoms with van der Waals surface area (Å²) in [5.74, 6) is 0.871. The third-order valence-electron chi connectivity index (χ3n) is 4.57. The Labute approximate surface area is 132 Å². The molecule has 1 aromatic heterocycles. The highest BCUT2D eigenvalue weighted by Crippen LogP contribution is 2.37. The number of nitrogens with one attached hydrogen (secondary N) is 1. The Kier molecular flexibility index (Phi) is 3.63. The van der Waals surface area contributed by atoms with Gasteiger partial charge in [-0.05, 0) is 52.7 Å². The summed E-state index contributed by atoms with van der Waals surface area (Å²) in [6, 6.07) is 3.78. The average molecular weight is 303 g/mol. The summed E-state index contributed by atoms with van der Waals surface area (Å²) in [6.45, 7) is 10.3. The van der Waals surface area contributed by atoms with E-state index in [0.29, 0.717) is 5.56 Å². The van der Waals surface area contributed by atoms with Gasteiger partial charge >= 0.3 is 0 Å². The molecule has 3 heterocycles. The van der Waals surface area contributed by atoms with Crippen molar-refractivity contribution >= 4 is 11.7 Å². The van der Waals surface area contributed by atoms with Crippen LogP contribution < -0.4 is 10.2 Å². The lowest BCUT2D eigenvalue weighted by atomic mass is 9.94. The molecule has 0 aliphatic carbocycles. The van der Waals surface area contributed by atoms with E-state index in [1.165, 1.54) is 6.42 Å². The molecule has 2 fully saturated rings. The van der Waals surface area contributed by atoms with E-state index in [0.717, 1.165) is 25.3 Å². The molecule has 2 saturated heterocycles. The number of ether oxygens (including phenoxy) is 1. The summed E-state index contributed by atoms with van der Waals surface area (Å²) in [7, 11) is 0. The highest BCUT2D eigenvalue weighted by molar-refractivity contribution is 5.94. The number of rotatable bonds is 3. The molecule has 0 radical (unpaired) electrons. The minimum Gasteiger partial charge on any atom is -0.367 e. The number of aromatic nitrogens is 1. The second kappa shape index (κ2) is 5.23. The summed E-state index contributed by atoms with van der Waals surface area (Å²) >= 11 is 0. The molecular weight excluding hydrogens is 278 g/mol. The van der Waals surface area contributed by atoms with Gasteiger partial charge in [-0.15, -0.1) is 0 Å². The molecule has 5 heteroatoms. The molecule has 2 aliphatic heterocycles. The van der Waals surface area contributed by atoms with E-state index in [1.54, 1.807) is 6.20 Å². The molecule has 1 amide bonds. The van der Waals surface area contributed by atoms with Gasteiger partial charge in [0.15, 0.2) is 0 Å². The van der Waals surface area contributed by atoms with E-state index >= 15 is 0 Å². The van der Waals surface area contributed by atoms with Crippen LogP contribution in [0.15, 0.2) is 18.3 Å². The lowest BCUT2D eigenvalue weighted by Crippen LogP contribution is -2.46. The summed E-state index contributed by atoms with van der Waals surface area (Å²) in [5, 5.41) is 3.10. The highest BCUT2D eigenvalue weighted by atomic mass is 16.5. The Morgan fingerprint density at radius 1 is 1.32 bits per heavy atom. The van der Waals surface area contributed by atoms with Gasteiger partial charge in [-0.1, -0.05) is 0 Å².